The average molecular weight is 140 g/mol. The highest BCUT2D eigenvalue weighted by molar-refractivity contribution is 4.74. The van der Waals surface area contributed by atoms with E-state index in [-0.39, 0.29) is 0 Å². The Balaban J connectivity index is 3.60. The minimum atomic E-state index is 0.818. The van der Waals surface area contributed by atoms with E-state index in [1.54, 1.807) is 0 Å². The zero-order valence-electron chi connectivity index (χ0n) is 7.56. The van der Waals surface area contributed by atoms with Crippen LogP contribution in [0.2, 0.25) is 0 Å². The molecule has 0 heteroatoms. The van der Waals surface area contributed by atoms with E-state index in [1.165, 1.54) is 19.3 Å². The van der Waals surface area contributed by atoms with Gasteiger partial charge >= 0.3 is 0 Å². The molecular formula is C10H20. The van der Waals surface area contributed by atoms with Crippen LogP contribution in [0.1, 0.15) is 40.0 Å². The summed E-state index contributed by atoms with van der Waals surface area (Å²) in [5.74, 6) is 1.68. The third kappa shape index (κ3) is 3.71. The fourth-order valence-electron chi connectivity index (χ4n) is 1.31. The maximum atomic E-state index is 3.77. The van der Waals surface area contributed by atoms with Crippen molar-refractivity contribution >= 4 is 0 Å². The molecule has 60 valence electrons. The van der Waals surface area contributed by atoms with Crippen molar-refractivity contribution < 1.29 is 0 Å². The van der Waals surface area contributed by atoms with Crippen LogP contribution >= 0.6 is 0 Å². The molecule has 0 fully saturated rings. The second kappa shape index (κ2) is 5.52. The SMILES string of the molecule is C=CC[C@H](CCC)C(C)C. The van der Waals surface area contributed by atoms with E-state index in [0.29, 0.717) is 0 Å². The van der Waals surface area contributed by atoms with Crippen LogP contribution in [0.5, 0.6) is 0 Å². The molecule has 0 N–H and O–H groups in total. The minimum absolute atomic E-state index is 0.818. The number of hydrogen-bond acceptors (Lipinski definition) is 0. The molecule has 0 rings (SSSR count). The van der Waals surface area contributed by atoms with E-state index in [2.05, 4.69) is 27.4 Å². The van der Waals surface area contributed by atoms with Gasteiger partial charge in [-0.1, -0.05) is 39.7 Å². The van der Waals surface area contributed by atoms with Crippen LogP contribution in [0.15, 0.2) is 12.7 Å². The van der Waals surface area contributed by atoms with Crippen molar-refractivity contribution in [1.82, 2.24) is 0 Å². The molecule has 0 amide bonds. The molecule has 0 aliphatic carbocycles. The third-order valence-corrected chi connectivity index (χ3v) is 2.07. The van der Waals surface area contributed by atoms with Crippen LogP contribution in [0, 0.1) is 11.8 Å². The van der Waals surface area contributed by atoms with E-state index in [1.807, 2.05) is 6.08 Å². The molecule has 10 heavy (non-hydrogen) atoms. The van der Waals surface area contributed by atoms with E-state index in [0.717, 1.165) is 11.8 Å². The van der Waals surface area contributed by atoms with E-state index in [4.69, 9.17) is 0 Å². The molecule has 0 nitrogen and oxygen atoms in total. The summed E-state index contributed by atoms with van der Waals surface area (Å²) < 4.78 is 0. The Hall–Kier alpha value is -0.260. The predicted octanol–water partition coefficient (Wildman–Crippen LogP) is 3.63. The van der Waals surface area contributed by atoms with Gasteiger partial charge in [0.15, 0.2) is 0 Å². The second-order valence-corrected chi connectivity index (χ2v) is 3.32. The average Bonchev–Trinajstić information content (AvgIpc) is 1.87. The van der Waals surface area contributed by atoms with E-state index >= 15 is 0 Å². The molecule has 0 aromatic heterocycles. The summed E-state index contributed by atoms with van der Waals surface area (Å²) in [5.41, 5.74) is 0. The highest BCUT2D eigenvalue weighted by atomic mass is 14.1. The smallest absolute Gasteiger partial charge is 0.0322 e. The van der Waals surface area contributed by atoms with Crippen molar-refractivity contribution in [3.8, 4) is 0 Å². The summed E-state index contributed by atoms with van der Waals surface area (Å²) in [6, 6.07) is 0. The number of rotatable bonds is 5. The molecule has 0 unspecified atom stereocenters. The van der Waals surface area contributed by atoms with Gasteiger partial charge < -0.3 is 0 Å². The normalized spacial score (nSPS) is 13.6. The van der Waals surface area contributed by atoms with Crippen LogP contribution in [-0.4, -0.2) is 0 Å². The lowest BCUT2D eigenvalue weighted by Gasteiger charge is -2.17. The Morgan fingerprint density at radius 1 is 1.40 bits per heavy atom. The van der Waals surface area contributed by atoms with Gasteiger partial charge in [0.05, 0.1) is 0 Å². The Labute approximate surface area is 65.3 Å². The predicted molar refractivity (Wildman–Crippen MR) is 48.1 cm³/mol. The van der Waals surface area contributed by atoms with Crippen molar-refractivity contribution in [3.63, 3.8) is 0 Å². The molecule has 0 aromatic rings. The topological polar surface area (TPSA) is 0 Å². The van der Waals surface area contributed by atoms with Gasteiger partial charge in [-0.3, -0.25) is 0 Å². The number of allylic oxidation sites excluding steroid dienone is 1. The van der Waals surface area contributed by atoms with Crippen molar-refractivity contribution in [2.45, 2.75) is 40.0 Å². The summed E-state index contributed by atoms with van der Waals surface area (Å²) >= 11 is 0. The monoisotopic (exact) mass is 140 g/mol. The quantitative estimate of drug-likeness (QED) is 0.511. The van der Waals surface area contributed by atoms with Crippen LogP contribution < -0.4 is 0 Å². The molecule has 0 bridgehead atoms. The van der Waals surface area contributed by atoms with Crippen LogP contribution in [-0.2, 0) is 0 Å². The summed E-state index contributed by atoms with van der Waals surface area (Å²) in [5, 5.41) is 0. The van der Waals surface area contributed by atoms with Gasteiger partial charge in [-0.25, -0.2) is 0 Å². The molecule has 1 atom stereocenters. The van der Waals surface area contributed by atoms with Crippen molar-refractivity contribution in [2.24, 2.45) is 11.8 Å². The van der Waals surface area contributed by atoms with Gasteiger partial charge in [0.25, 0.3) is 0 Å². The molecule has 0 heterocycles. The maximum Gasteiger partial charge on any atom is -0.0322 e. The van der Waals surface area contributed by atoms with Gasteiger partial charge in [-0.2, -0.15) is 0 Å². The molecule has 0 radical (unpaired) electrons. The van der Waals surface area contributed by atoms with Gasteiger partial charge in [0, 0.05) is 0 Å². The van der Waals surface area contributed by atoms with Crippen LogP contribution in [0.4, 0.5) is 0 Å². The fourth-order valence-corrected chi connectivity index (χ4v) is 1.31. The van der Waals surface area contributed by atoms with Gasteiger partial charge in [-0.05, 0) is 18.3 Å². The molecule has 0 aromatic carbocycles. The minimum Gasteiger partial charge on any atom is -0.103 e. The summed E-state index contributed by atoms with van der Waals surface area (Å²) in [6.07, 6.45) is 5.88. The molecule has 0 aliphatic heterocycles. The Morgan fingerprint density at radius 3 is 2.30 bits per heavy atom. The zero-order chi connectivity index (χ0) is 7.98. The van der Waals surface area contributed by atoms with Crippen LogP contribution in [0.3, 0.4) is 0 Å². The van der Waals surface area contributed by atoms with Crippen molar-refractivity contribution in [1.29, 1.82) is 0 Å². The highest BCUT2D eigenvalue weighted by Gasteiger charge is 2.09. The Morgan fingerprint density at radius 2 is 2.00 bits per heavy atom. The van der Waals surface area contributed by atoms with E-state index in [9.17, 15) is 0 Å². The Bertz CT molecular complexity index is 82.0. The lowest BCUT2D eigenvalue weighted by molar-refractivity contribution is 0.360. The molecule has 0 saturated heterocycles. The number of hydrogen-bond donors (Lipinski definition) is 0. The first kappa shape index (κ1) is 9.74. The molecule has 0 saturated carbocycles. The molecule has 0 aliphatic rings. The summed E-state index contributed by atoms with van der Waals surface area (Å²) in [7, 11) is 0. The van der Waals surface area contributed by atoms with Crippen LogP contribution in [0.25, 0.3) is 0 Å². The van der Waals surface area contributed by atoms with Crippen molar-refractivity contribution in [2.75, 3.05) is 0 Å². The van der Waals surface area contributed by atoms with Gasteiger partial charge in [0.1, 0.15) is 0 Å². The second-order valence-electron chi connectivity index (χ2n) is 3.32. The first-order valence-electron chi connectivity index (χ1n) is 4.33. The Kier molecular flexibility index (Phi) is 5.38. The lowest BCUT2D eigenvalue weighted by atomic mass is 9.89. The fraction of sp³-hybridized carbons (Fsp3) is 0.800. The third-order valence-electron chi connectivity index (χ3n) is 2.07. The standard InChI is InChI=1S/C10H20/c1-5-7-10(8-6-2)9(3)4/h5,9-10H,1,6-8H2,2-4H3/t10-/m1/s1. The van der Waals surface area contributed by atoms with Gasteiger partial charge in [0.2, 0.25) is 0 Å². The summed E-state index contributed by atoms with van der Waals surface area (Å²) in [6.45, 7) is 10.6. The first-order chi connectivity index (χ1) is 4.72. The lowest BCUT2D eigenvalue weighted by Crippen LogP contribution is -2.06. The maximum absolute atomic E-state index is 3.77. The van der Waals surface area contributed by atoms with Crippen molar-refractivity contribution in [3.05, 3.63) is 12.7 Å². The van der Waals surface area contributed by atoms with E-state index < -0.39 is 0 Å². The summed E-state index contributed by atoms with van der Waals surface area (Å²) in [4.78, 5) is 0. The molecule has 0 spiro atoms. The largest absolute Gasteiger partial charge is 0.103 e. The first-order valence-corrected chi connectivity index (χ1v) is 4.33. The highest BCUT2D eigenvalue weighted by Crippen LogP contribution is 2.20. The zero-order valence-corrected chi connectivity index (χ0v) is 7.56. The van der Waals surface area contributed by atoms with Gasteiger partial charge in [-0.15, -0.1) is 6.58 Å². The molecular weight excluding hydrogens is 120 g/mol.